The highest BCUT2D eigenvalue weighted by atomic mass is 32.1. The van der Waals surface area contributed by atoms with Crippen molar-refractivity contribution in [3.05, 3.63) is 21.9 Å². The lowest BCUT2D eigenvalue weighted by molar-refractivity contribution is 0.0962. The molecule has 1 aromatic rings. The first-order valence-corrected chi connectivity index (χ1v) is 8.31. The third-order valence-corrected chi connectivity index (χ3v) is 4.80. The summed E-state index contributed by atoms with van der Waals surface area (Å²) in [6.07, 6.45) is 5.72. The predicted octanol–water partition coefficient (Wildman–Crippen LogP) is 4.01. The first-order chi connectivity index (χ1) is 9.15. The molecule has 1 aromatic heterocycles. The molecule has 1 saturated heterocycles. The van der Waals surface area contributed by atoms with E-state index in [1.165, 1.54) is 37.2 Å². The van der Waals surface area contributed by atoms with Crippen LogP contribution in [0.5, 0.6) is 0 Å². The minimum absolute atomic E-state index is 0.325. The fourth-order valence-corrected chi connectivity index (χ4v) is 3.79. The smallest absolute Gasteiger partial charge is 0.174 e. The number of carbonyl (C=O) groups excluding carboxylic acids is 1. The predicted molar refractivity (Wildman–Crippen MR) is 82.1 cm³/mol. The Bertz CT molecular complexity index is 405. The van der Waals surface area contributed by atoms with Crippen LogP contribution in [0.2, 0.25) is 0 Å². The van der Waals surface area contributed by atoms with Crippen molar-refractivity contribution in [1.82, 2.24) is 4.90 Å². The standard InChI is InChI=1S/C16H25NOS/c1-13(2)12-14-6-7-16(19-14)15(18)8-11-17-9-4-3-5-10-17/h6-7,13H,3-5,8-12H2,1-2H3. The van der Waals surface area contributed by atoms with Gasteiger partial charge in [0.05, 0.1) is 4.88 Å². The van der Waals surface area contributed by atoms with Crippen LogP contribution in [0.3, 0.4) is 0 Å². The van der Waals surface area contributed by atoms with E-state index >= 15 is 0 Å². The molecule has 19 heavy (non-hydrogen) atoms. The van der Waals surface area contributed by atoms with Gasteiger partial charge in [0.1, 0.15) is 0 Å². The molecule has 0 aliphatic carbocycles. The largest absolute Gasteiger partial charge is 0.303 e. The van der Waals surface area contributed by atoms with Gasteiger partial charge in [0.15, 0.2) is 5.78 Å². The number of likely N-dealkylation sites (tertiary alicyclic amines) is 1. The van der Waals surface area contributed by atoms with Gasteiger partial charge < -0.3 is 4.90 Å². The summed E-state index contributed by atoms with van der Waals surface area (Å²) in [5, 5.41) is 0. The highest BCUT2D eigenvalue weighted by Crippen LogP contribution is 2.21. The third-order valence-electron chi connectivity index (χ3n) is 3.65. The molecule has 0 atom stereocenters. The van der Waals surface area contributed by atoms with Crippen molar-refractivity contribution in [3.63, 3.8) is 0 Å². The van der Waals surface area contributed by atoms with Crippen LogP contribution in [0, 0.1) is 5.92 Å². The van der Waals surface area contributed by atoms with Gasteiger partial charge in [0.2, 0.25) is 0 Å². The summed E-state index contributed by atoms with van der Waals surface area (Å²) in [6, 6.07) is 4.14. The van der Waals surface area contributed by atoms with E-state index in [4.69, 9.17) is 0 Å². The minimum atomic E-state index is 0.325. The second-order valence-corrected chi connectivity index (χ2v) is 7.11. The van der Waals surface area contributed by atoms with E-state index in [2.05, 4.69) is 24.8 Å². The highest BCUT2D eigenvalue weighted by Gasteiger charge is 2.14. The van der Waals surface area contributed by atoms with Crippen molar-refractivity contribution >= 4 is 17.1 Å². The number of Topliss-reactive ketones (excluding diaryl/α,β-unsaturated/α-hetero) is 1. The number of hydrogen-bond donors (Lipinski definition) is 0. The zero-order chi connectivity index (χ0) is 13.7. The first-order valence-electron chi connectivity index (χ1n) is 7.49. The van der Waals surface area contributed by atoms with Crippen LogP contribution in [0.25, 0.3) is 0 Å². The molecule has 2 rings (SSSR count). The maximum absolute atomic E-state index is 12.2. The summed E-state index contributed by atoms with van der Waals surface area (Å²) in [5.74, 6) is 0.987. The van der Waals surface area contributed by atoms with Crippen LogP contribution < -0.4 is 0 Å². The van der Waals surface area contributed by atoms with Crippen molar-refractivity contribution < 1.29 is 4.79 Å². The molecule has 2 nitrogen and oxygen atoms in total. The van der Waals surface area contributed by atoms with Crippen LogP contribution in [-0.2, 0) is 6.42 Å². The van der Waals surface area contributed by atoms with Crippen molar-refractivity contribution in [3.8, 4) is 0 Å². The van der Waals surface area contributed by atoms with E-state index in [9.17, 15) is 4.79 Å². The van der Waals surface area contributed by atoms with Gasteiger partial charge in [-0.2, -0.15) is 0 Å². The van der Waals surface area contributed by atoms with E-state index in [0.717, 1.165) is 17.8 Å². The van der Waals surface area contributed by atoms with Gasteiger partial charge in [-0.25, -0.2) is 0 Å². The minimum Gasteiger partial charge on any atom is -0.303 e. The Morgan fingerprint density at radius 2 is 2.00 bits per heavy atom. The SMILES string of the molecule is CC(C)Cc1ccc(C(=O)CCN2CCCCC2)s1. The molecule has 0 saturated carbocycles. The van der Waals surface area contributed by atoms with E-state index < -0.39 is 0 Å². The fraction of sp³-hybridized carbons (Fsp3) is 0.688. The lowest BCUT2D eigenvalue weighted by atomic mass is 10.1. The molecule has 0 unspecified atom stereocenters. The maximum Gasteiger partial charge on any atom is 0.174 e. The number of nitrogens with zero attached hydrogens (tertiary/aromatic N) is 1. The van der Waals surface area contributed by atoms with Gasteiger partial charge in [-0.3, -0.25) is 4.79 Å². The van der Waals surface area contributed by atoms with Gasteiger partial charge in [-0.1, -0.05) is 20.3 Å². The lowest BCUT2D eigenvalue weighted by Gasteiger charge is -2.25. The van der Waals surface area contributed by atoms with Crippen LogP contribution >= 0.6 is 11.3 Å². The topological polar surface area (TPSA) is 20.3 Å². The molecule has 0 N–H and O–H groups in total. The van der Waals surface area contributed by atoms with Gasteiger partial charge in [0.25, 0.3) is 0 Å². The number of piperidine rings is 1. The van der Waals surface area contributed by atoms with E-state index in [1.54, 1.807) is 11.3 Å². The zero-order valence-electron chi connectivity index (χ0n) is 12.2. The Hall–Kier alpha value is -0.670. The van der Waals surface area contributed by atoms with Crippen molar-refractivity contribution in [1.29, 1.82) is 0 Å². The molecule has 1 fully saturated rings. The highest BCUT2D eigenvalue weighted by molar-refractivity contribution is 7.14. The average Bonchev–Trinajstić information content (AvgIpc) is 2.85. The lowest BCUT2D eigenvalue weighted by Crippen LogP contribution is -2.31. The summed E-state index contributed by atoms with van der Waals surface area (Å²) in [4.78, 5) is 16.9. The molecule has 3 heteroatoms. The monoisotopic (exact) mass is 279 g/mol. The van der Waals surface area contributed by atoms with Gasteiger partial charge >= 0.3 is 0 Å². The number of hydrogen-bond acceptors (Lipinski definition) is 3. The van der Waals surface area contributed by atoms with E-state index in [0.29, 0.717) is 18.1 Å². The zero-order valence-corrected chi connectivity index (χ0v) is 13.0. The summed E-state index contributed by atoms with van der Waals surface area (Å²) in [5.41, 5.74) is 0. The Labute approximate surface area is 120 Å². The summed E-state index contributed by atoms with van der Waals surface area (Å²) in [7, 11) is 0. The Balaban J connectivity index is 1.80. The summed E-state index contributed by atoms with van der Waals surface area (Å²) in [6.45, 7) is 7.73. The first kappa shape index (κ1) is 14.7. The number of rotatable bonds is 6. The number of carbonyl (C=O) groups is 1. The Morgan fingerprint density at radius 1 is 1.26 bits per heavy atom. The van der Waals surface area contributed by atoms with Gasteiger partial charge in [0, 0.05) is 17.8 Å². The average molecular weight is 279 g/mol. The summed E-state index contributed by atoms with van der Waals surface area (Å²) < 4.78 is 0. The van der Waals surface area contributed by atoms with Gasteiger partial charge in [-0.15, -0.1) is 11.3 Å². The molecule has 0 aromatic carbocycles. The van der Waals surface area contributed by atoms with Crippen molar-refractivity contribution in [2.45, 2.75) is 46.0 Å². The van der Waals surface area contributed by atoms with Crippen LogP contribution in [-0.4, -0.2) is 30.3 Å². The third kappa shape index (κ3) is 4.73. The molecule has 1 aliphatic heterocycles. The van der Waals surface area contributed by atoms with Gasteiger partial charge in [-0.05, 0) is 50.4 Å². The molecule has 0 spiro atoms. The van der Waals surface area contributed by atoms with Crippen LogP contribution in [0.4, 0.5) is 0 Å². The molecule has 1 aliphatic rings. The van der Waals surface area contributed by atoms with Crippen molar-refractivity contribution in [2.75, 3.05) is 19.6 Å². The Morgan fingerprint density at radius 3 is 2.68 bits per heavy atom. The summed E-state index contributed by atoms with van der Waals surface area (Å²) >= 11 is 1.69. The number of thiophene rings is 1. The second kappa shape index (κ2) is 7.20. The molecule has 0 bridgehead atoms. The van der Waals surface area contributed by atoms with Crippen LogP contribution in [0.1, 0.15) is 54.1 Å². The van der Waals surface area contributed by atoms with E-state index in [1.807, 2.05) is 6.07 Å². The molecular weight excluding hydrogens is 254 g/mol. The molecule has 0 radical (unpaired) electrons. The molecule has 0 amide bonds. The number of ketones is 1. The Kier molecular flexibility index (Phi) is 5.59. The molecule has 106 valence electrons. The molecule has 2 heterocycles. The fourth-order valence-electron chi connectivity index (χ4n) is 2.61. The van der Waals surface area contributed by atoms with Crippen molar-refractivity contribution in [2.24, 2.45) is 5.92 Å². The quantitative estimate of drug-likeness (QED) is 0.733. The van der Waals surface area contributed by atoms with E-state index in [-0.39, 0.29) is 0 Å². The molecular formula is C16H25NOS. The van der Waals surface area contributed by atoms with Crippen LogP contribution in [0.15, 0.2) is 12.1 Å². The normalized spacial score (nSPS) is 17.0. The second-order valence-electron chi connectivity index (χ2n) is 5.94. The maximum atomic E-state index is 12.2.